The maximum absolute atomic E-state index is 6.13. The lowest BCUT2D eigenvalue weighted by atomic mass is 10.2. The molecule has 3 heteroatoms. The molecular weight excluding hydrogens is 256 g/mol. The zero-order valence-corrected chi connectivity index (χ0v) is 11.3. The fraction of sp³-hybridized carbons (Fsp3) is 0.0625. The summed E-state index contributed by atoms with van der Waals surface area (Å²) in [5.41, 5.74) is 3.13. The van der Waals surface area contributed by atoms with Crippen LogP contribution >= 0.6 is 11.6 Å². The number of nitrogens with zero attached hydrogens (tertiary/aromatic N) is 2. The highest BCUT2D eigenvalue weighted by atomic mass is 35.5. The van der Waals surface area contributed by atoms with E-state index < -0.39 is 0 Å². The van der Waals surface area contributed by atoms with Crippen LogP contribution in [0.5, 0.6) is 0 Å². The summed E-state index contributed by atoms with van der Waals surface area (Å²) in [6.45, 7) is 0. The van der Waals surface area contributed by atoms with Crippen LogP contribution in [0.3, 0.4) is 0 Å². The first-order valence-electron chi connectivity index (χ1n) is 6.10. The molecule has 0 fully saturated rings. The summed E-state index contributed by atoms with van der Waals surface area (Å²) in [6, 6.07) is 15.9. The Morgan fingerprint density at radius 1 is 1.00 bits per heavy atom. The minimum atomic E-state index is 0.748. The van der Waals surface area contributed by atoms with Gasteiger partial charge in [-0.05, 0) is 35.9 Å². The molecule has 1 aromatic heterocycles. The normalized spacial score (nSPS) is 11.5. The van der Waals surface area contributed by atoms with Gasteiger partial charge in [0.15, 0.2) is 0 Å². The lowest BCUT2D eigenvalue weighted by Crippen LogP contribution is -1.90. The third kappa shape index (κ3) is 2.27. The van der Waals surface area contributed by atoms with Crippen LogP contribution in [0.1, 0.15) is 11.4 Å². The Morgan fingerprint density at radius 3 is 2.53 bits per heavy atom. The highest BCUT2D eigenvalue weighted by molar-refractivity contribution is 6.32. The molecule has 0 unspecified atom stereocenters. The monoisotopic (exact) mass is 268 g/mol. The first-order chi connectivity index (χ1) is 9.25. The molecule has 0 aliphatic rings. The molecule has 0 atom stereocenters. The van der Waals surface area contributed by atoms with Crippen LogP contribution in [0, 0.1) is 0 Å². The van der Waals surface area contributed by atoms with Crippen molar-refractivity contribution in [2.75, 3.05) is 0 Å². The molecule has 3 aromatic rings. The molecule has 2 nitrogen and oxygen atoms in total. The second kappa shape index (κ2) is 4.90. The number of rotatable bonds is 2. The molecule has 1 heterocycles. The van der Waals surface area contributed by atoms with Gasteiger partial charge in [0, 0.05) is 12.1 Å². The van der Waals surface area contributed by atoms with Crippen molar-refractivity contribution in [3.63, 3.8) is 0 Å². The van der Waals surface area contributed by atoms with E-state index in [1.165, 1.54) is 0 Å². The van der Waals surface area contributed by atoms with Crippen LogP contribution in [0.15, 0.2) is 48.5 Å². The van der Waals surface area contributed by atoms with Crippen LogP contribution in [0.25, 0.3) is 23.2 Å². The van der Waals surface area contributed by atoms with E-state index in [9.17, 15) is 0 Å². The van der Waals surface area contributed by atoms with Crippen molar-refractivity contribution < 1.29 is 0 Å². The predicted molar refractivity (Wildman–Crippen MR) is 81.1 cm³/mol. The maximum atomic E-state index is 6.13. The van der Waals surface area contributed by atoms with Gasteiger partial charge in [0.25, 0.3) is 0 Å². The van der Waals surface area contributed by atoms with Gasteiger partial charge in [0.1, 0.15) is 5.82 Å². The number of hydrogen-bond acceptors (Lipinski definition) is 1. The van der Waals surface area contributed by atoms with Crippen LogP contribution in [0.2, 0.25) is 5.02 Å². The van der Waals surface area contributed by atoms with E-state index in [2.05, 4.69) is 15.6 Å². The predicted octanol–water partition coefficient (Wildman–Crippen LogP) is 4.40. The number of aromatic nitrogens is 2. The quantitative estimate of drug-likeness (QED) is 0.674. The number of aryl methyl sites for hydroxylation is 1. The second-order valence-corrected chi connectivity index (χ2v) is 4.78. The van der Waals surface area contributed by atoms with Gasteiger partial charge in [0.05, 0.1) is 11.0 Å². The lowest BCUT2D eigenvalue weighted by Gasteiger charge is -1.98. The number of para-hydroxylation sites is 2. The van der Waals surface area contributed by atoms with Crippen LogP contribution in [-0.4, -0.2) is 9.55 Å². The van der Waals surface area contributed by atoms with E-state index in [1.54, 1.807) is 0 Å². The third-order valence-electron chi connectivity index (χ3n) is 3.14. The molecule has 0 aliphatic heterocycles. The van der Waals surface area contributed by atoms with Crippen molar-refractivity contribution in [1.29, 1.82) is 0 Å². The molecular formula is C16H13ClN2. The van der Waals surface area contributed by atoms with Crippen LogP contribution in [-0.2, 0) is 7.05 Å². The molecule has 19 heavy (non-hydrogen) atoms. The molecule has 94 valence electrons. The maximum Gasteiger partial charge on any atom is 0.133 e. The number of hydrogen-bond donors (Lipinski definition) is 0. The third-order valence-corrected chi connectivity index (χ3v) is 3.48. The fourth-order valence-electron chi connectivity index (χ4n) is 2.09. The first-order valence-corrected chi connectivity index (χ1v) is 6.47. The van der Waals surface area contributed by atoms with Gasteiger partial charge in [0.2, 0.25) is 0 Å². The highest BCUT2D eigenvalue weighted by Gasteiger charge is 2.03. The van der Waals surface area contributed by atoms with Crippen molar-refractivity contribution in [2.24, 2.45) is 7.05 Å². The fourth-order valence-corrected chi connectivity index (χ4v) is 2.29. The largest absolute Gasteiger partial charge is 0.328 e. The number of imidazole rings is 1. The minimum Gasteiger partial charge on any atom is -0.328 e. The number of benzene rings is 2. The van der Waals surface area contributed by atoms with Gasteiger partial charge in [-0.2, -0.15) is 0 Å². The van der Waals surface area contributed by atoms with Gasteiger partial charge in [-0.25, -0.2) is 4.98 Å². The summed E-state index contributed by atoms with van der Waals surface area (Å²) in [6.07, 6.45) is 3.98. The van der Waals surface area contributed by atoms with Crippen molar-refractivity contribution in [3.05, 3.63) is 64.9 Å². The Bertz CT molecular complexity index is 756. The van der Waals surface area contributed by atoms with Gasteiger partial charge >= 0.3 is 0 Å². The molecule has 0 amide bonds. The van der Waals surface area contributed by atoms with Gasteiger partial charge < -0.3 is 4.57 Å². The minimum absolute atomic E-state index is 0.748. The molecule has 3 rings (SSSR count). The Balaban J connectivity index is 2.02. The molecule has 0 spiro atoms. The van der Waals surface area contributed by atoms with E-state index in [1.807, 2.05) is 61.7 Å². The summed E-state index contributed by atoms with van der Waals surface area (Å²) in [5, 5.41) is 0.748. The number of halogens is 1. The molecule has 0 bridgehead atoms. The summed E-state index contributed by atoms with van der Waals surface area (Å²) in [7, 11) is 2.02. The van der Waals surface area contributed by atoms with E-state index in [-0.39, 0.29) is 0 Å². The molecule has 0 radical (unpaired) electrons. The first kappa shape index (κ1) is 12.0. The SMILES string of the molecule is Cn1c(/C=C/c2ccccc2Cl)nc2ccccc21. The zero-order valence-electron chi connectivity index (χ0n) is 10.5. The Labute approximate surface area is 117 Å². The van der Waals surface area contributed by atoms with Crippen molar-refractivity contribution >= 4 is 34.8 Å². The molecule has 0 saturated heterocycles. The Kier molecular flexibility index (Phi) is 3.10. The van der Waals surface area contributed by atoms with E-state index in [4.69, 9.17) is 11.6 Å². The standard InChI is InChI=1S/C16H13ClN2/c1-19-15-9-5-4-8-14(15)18-16(19)11-10-12-6-2-3-7-13(12)17/h2-11H,1H3/b11-10+. The summed E-state index contributed by atoms with van der Waals surface area (Å²) in [5.74, 6) is 0.918. The van der Waals surface area contributed by atoms with Crippen molar-refractivity contribution in [3.8, 4) is 0 Å². The van der Waals surface area contributed by atoms with Crippen LogP contribution < -0.4 is 0 Å². The van der Waals surface area contributed by atoms with E-state index in [0.717, 1.165) is 27.4 Å². The smallest absolute Gasteiger partial charge is 0.133 e. The topological polar surface area (TPSA) is 17.8 Å². The van der Waals surface area contributed by atoms with Gasteiger partial charge in [-0.15, -0.1) is 0 Å². The van der Waals surface area contributed by atoms with Crippen molar-refractivity contribution in [1.82, 2.24) is 9.55 Å². The van der Waals surface area contributed by atoms with Gasteiger partial charge in [-0.3, -0.25) is 0 Å². The van der Waals surface area contributed by atoms with E-state index >= 15 is 0 Å². The average Bonchev–Trinajstić information content (AvgIpc) is 2.75. The van der Waals surface area contributed by atoms with Crippen LogP contribution in [0.4, 0.5) is 0 Å². The highest BCUT2D eigenvalue weighted by Crippen LogP contribution is 2.19. The molecule has 0 N–H and O–H groups in total. The Morgan fingerprint density at radius 2 is 1.74 bits per heavy atom. The van der Waals surface area contributed by atoms with Gasteiger partial charge in [-0.1, -0.05) is 41.9 Å². The van der Waals surface area contributed by atoms with Crippen molar-refractivity contribution in [2.45, 2.75) is 0 Å². The molecule has 0 aliphatic carbocycles. The molecule has 0 saturated carbocycles. The zero-order chi connectivity index (χ0) is 13.2. The van der Waals surface area contributed by atoms with E-state index in [0.29, 0.717) is 0 Å². The lowest BCUT2D eigenvalue weighted by molar-refractivity contribution is 0.930. The average molecular weight is 269 g/mol. The second-order valence-electron chi connectivity index (χ2n) is 4.37. The summed E-state index contributed by atoms with van der Waals surface area (Å²) in [4.78, 5) is 4.59. The summed E-state index contributed by atoms with van der Waals surface area (Å²) >= 11 is 6.13. The molecule has 2 aromatic carbocycles. The Hall–Kier alpha value is -2.06. The number of fused-ring (bicyclic) bond motifs is 1. The summed E-state index contributed by atoms with van der Waals surface area (Å²) < 4.78 is 2.07.